The highest BCUT2D eigenvalue weighted by molar-refractivity contribution is 7.15. The Morgan fingerprint density at radius 1 is 1.23 bits per heavy atom. The van der Waals surface area contributed by atoms with Gasteiger partial charge >= 0.3 is 0 Å². The Balaban J connectivity index is 2.10. The van der Waals surface area contributed by atoms with Crippen molar-refractivity contribution >= 4 is 39.9 Å². The van der Waals surface area contributed by atoms with Gasteiger partial charge in [0, 0.05) is 28.6 Å². The number of carbonyl (C=O) groups is 2. The summed E-state index contributed by atoms with van der Waals surface area (Å²) < 4.78 is 0. The van der Waals surface area contributed by atoms with Gasteiger partial charge in [0.15, 0.2) is 5.13 Å². The molecular formula is C18H23ClN4O2S. The lowest BCUT2D eigenvalue weighted by molar-refractivity contribution is -0.116. The summed E-state index contributed by atoms with van der Waals surface area (Å²) in [5.41, 5.74) is 1.36. The largest absolute Gasteiger partial charge is 0.328 e. The lowest BCUT2D eigenvalue weighted by Crippen LogP contribution is -2.41. The molecule has 0 unspecified atom stereocenters. The van der Waals surface area contributed by atoms with E-state index in [1.54, 1.807) is 24.3 Å². The molecule has 1 heterocycles. The molecule has 0 spiro atoms. The molecule has 8 heteroatoms. The van der Waals surface area contributed by atoms with Crippen LogP contribution in [0.4, 0.5) is 5.13 Å². The Kier molecular flexibility index (Phi) is 7.14. The fourth-order valence-corrected chi connectivity index (χ4v) is 3.26. The number of thiazole rings is 1. The maximum Gasteiger partial charge on any atom is 0.254 e. The van der Waals surface area contributed by atoms with Crippen LogP contribution in [0.15, 0.2) is 24.3 Å². The molecule has 140 valence electrons. The van der Waals surface area contributed by atoms with Crippen LogP contribution in [0.2, 0.25) is 5.02 Å². The fourth-order valence-electron chi connectivity index (χ4n) is 2.24. The van der Waals surface area contributed by atoms with Crippen LogP contribution in [-0.2, 0) is 4.79 Å². The van der Waals surface area contributed by atoms with Gasteiger partial charge in [0.2, 0.25) is 5.91 Å². The summed E-state index contributed by atoms with van der Waals surface area (Å²) in [6.45, 7) is 4.88. The number of likely N-dealkylation sites (N-methyl/N-ethyl adjacent to an activating group) is 1. The maximum atomic E-state index is 12.8. The Morgan fingerprint density at radius 3 is 2.54 bits per heavy atom. The molecule has 0 atom stereocenters. The van der Waals surface area contributed by atoms with E-state index in [4.69, 9.17) is 11.6 Å². The van der Waals surface area contributed by atoms with Crippen molar-refractivity contribution in [2.24, 2.45) is 0 Å². The van der Waals surface area contributed by atoms with Crippen molar-refractivity contribution in [3.8, 4) is 0 Å². The number of anilines is 1. The monoisotopic (exact) mass is 394 g/mol. The Hall–Kier alpha value is -1.96. The highest BCUT2D eigenvalue weighted by Crippen LogP contribution is 2.21. The van der Waals surface area contributed by atoms with Gasteiger partial charge in [-0.05, 0) is 46.1 Å². The molecule has 2 aromatic rings. The number of rotatable bonds is 7. The van der Waals surface area contributed by atoms with E-state index in [1.165, 1.54) is 16.2 Å². The third-order valence-electron chi connectivity index (χ3n) is 3.79. The number of carbonyl (C=O) groups excluding carboxylic acids is 2. The first-order valence-corrected chi connectivity index (χ1v) is 9.39. The molecule has 1 aromatic heterocycles. The normalized spacial score (nSPS) is 10.8. The van der Waals surface area contributed by atoms with Gasteiger partial charge in [-0.25, -0.2) is 4.98 Å². The van der Waals surface area contributed by atoms with Gasteiger partial charge in [0.05, 0.1) is 5.69 Å². The van der Waals surface area contributed by atoms with Gasteiger partial charge in [-0.3, -0.25) is 9.59 Å². The van der Waals surface area contributed by atoms with Crippen LogP contribution < -0.4 is 5.32 Å². The van der Waals surface area contributed by atoms with Crippen LogP contribution in [0.25, 0.3) is 0 Å². The quantitative estimate of drug-likeness (QED) is 0.783. The minimum atomic E-state index is -0.270. The summed E-state index contributed by atoms with van der Waals surface area (Å²) in [6.07, 6.45) is 0. The molecule has 1 N–H and O–H groups in total. The SMILES string of the molecule is Cc1nc(NC(=O)CN(CCN(C)C)C(=O)c2cccc(Cl)c2)sc1C. The maximum absolute atomic E-state index is 12.8. The third kappa shape index (κ3) is 5.79. The minimum Gasteiger partial charge on any atom is -0.328 e. The van der Waals surface area contributed by atoms with E-state index in [1.807, 2.05) is 32.8 Å². The highest BCUT2D eigenvalue weighted by atomic mass is 35.5. The van der Waals surface area contributed by atoms with Crippen molar-refractivity contribution in [3.63, 3.8) is 0 Å². The third-order valence-corrected chi connectivity index (χ3v) is 5.01. The molecule has 0 fully saturated rings. The first-order chi connectivity index (χ1) is 12.3. The average molecular weight is 395 g/mol. The first kappa shape index (κ1) is 20.4. The molecule has 0 saturated heterocycles. The average Bonchev–Trinajstić information content (AvgIpc) is 2.88. The molecule has 6 nitrogen and oxygen atoms in total. The van der Waals surface area contributed by atoms with Crippen molar-refractivity contribution in [1.82, 2.24) is 14.8 Å². The summed E-state index contributed by atoms with van der Waals surface area (Å²) in [5.74, 6) is -0.496. The smallest absolute Gasteiger partial charge is 0.254 e. The van der Waals surface area contributed by atoms with E-state index in [0.29, 0.717) is 28.8 Å². The van der Waals surface area contributed by atoms with Crippen molar-refractivity contribution in [2.75, 3.05) is 39.0 Å². The van der Waals surface area contributed by atoms with Crippen LogP contribution in [0.1, 0.15) is 20.9 Å². The predicted octanol–water partition coefficient (Wildman–Crippen LogP) is 3.06. The van der Waals surface area contributed by atoms with Crippen LogP contribution >= 0.6 is 22.9 Å². The van der Waals surface area contributed by atoms with Gasteiger partial charge < -0.3 is 15.1 Å². The van der Waals surface area contributed by atoms with Gasteiger partial charge in [-0.2, -0.15) is 0 Å². The van der Waals surface area contributed by atoms with Crippen molar-refractivity contribution < 1.29 is 9.59 Å². The molecule has 26 heavy (non-hydrogen) atoms. The molecule has 0 radical (unpaired) electrons. The molecule has 0 saturated carbocycles. The number of hydrogen-bond donors (Lipinski definition) is 1. The number of amides is 2. The second-order valence-electron chi connectivity index (χ2n) is 6.25. The van der Waals surface area contributed by atoms with E-state index in [0.717, 1.165) is 10.6 Å². The van der Waals surface area contributed by atoms with Gasteiger partial charge in [-0.1, -0.05) is 17.7 Å². The summed E-state index contributed by atoms with van der Waals surface area (Å²) in [5, 5.41) is 3.81. The summed E-state index contributed by atoms with van der Waals surface area (Å²) >= 11 is 7.41. The lowest BCUT2D eigenvalue weighted by Gasteiger charge is -2.24. The minimum absolute atomic E-state index is 0.0448. The summed E-state index contributed by atoms with van der Waals surface area (Å²) in [4.78, 5) is 34.1. The Bertz CT molecular complexity index is 772. The zero-order valence-corrected chi connectivity index (χ0v) is 16.9. The zero-order valence-electron chi connectivity index (χ0n) is 15.4. The molecule has 0 aliphatic heterocycles. The number of nitrogens with zero attached hydrogens (tertiary/aromatic N) is 3. The van der Waals surface area contributed by atoms with Crippen LogP contribution in [-0.4, -0.2) is 60.3 Å². The summed E-state index contributed by atoms with van der Waals surface area (Å²) in [6, 6.07) is 6.74. The van der Waals surface area contributed by atoms with E-state index in [2.05, 4.69) is 10.3 Å². The second-order valence-corrected chi connectivity index (χ2v) is 7.89. The van der Waals surface area contributed by atoms with E-state index < -0.39 is 0 Å². The van der Waals surface area contributed by atoms with Gasteiger partial charge in [0.25, 0.3) is 5.91 Å². The van der Waals surface area contributed by atoms with Gasteiger partial charge in [-0.15, -0.1) is 11.3 Å². The van der Waals surface area contributed by atoms with E-state index >= 15 is 0 Å². The molecule has 2 amide bonds. The Labute approximate surface area is 162 Å². The highest BCUT2D eigenvalue weighted by Gasteiger charge is 2.20. The molecule has 1 aromatic carbocycles. The Morgan fingerprint density at radius 2 is 1.96 bits per heavy atom. The number of benzene rings is 1. The number of aromatic nitrogens is 1. The van der Waals surface area contributed by atoms with Crippen molar-refractivity contribution in [3.05, 3.63) is 45.4 Å². The zero-order chi connectivity index (χ0) is 19.3. The molecule has 0 bridgehead atoms. The lowest BCUT2D eigenvalue weighted by atomic mass is 10.2. The van der Waals surface area contributed by atoms with Crippen molar-refractivity contribution in [2.45, 2.75) is 13.8 Å². The second kappa shape index (κ2) is 9.12. The number of nitrogens with one attached hydrogen (secondary N) is 1. The first-order valence-electron chi connectivity index (χ1n) is 8.19. The van der Waals surface area contributed by atoms with E-state index in [-0.39, 0.29) is 18.4 Å². The van der Waals surface area contributed by atoms with Crippen LogP contribution in [0.3, 0.4) is 0 Å². The molecule has 0 aliphatic rings. The number of halogens is 1. The number of hydrogen-bond acceptors (Lipinski definition) is 5. The number of aryl methyl sites for hydroxylation is 2. The molecule has 0 aliphatic carbocycles. The summed E-state index contributed by atoms with van der Waals surface area (Å²) in [7, 11) is 3.84. The topological polar surface area (TPSA) is 65.5 Å². The molecule has 2 rings (SSSR count). The van der Waals surface area contributed by atoms with Crippen molar-refractivity contribution in [1.29, 1.82) is 0 Å². The van der Waals surface area contributed by atoms with Crippen LogP contribution in [0, 0.1) is 13.8 Å². The standard InChI is InChI=1S/C18H23ClN4O2S/c1-12-13(2)26-18(20-12)21-16(24)11-23(9-8-22(3)4)17(25)14-6-5-7-15(19)10-14/h5-7,10H,8-9,11H2,1-4H3,(H,20,21,24). The van der Waals surface area contributed by atoms with Crippen LogP contribution in [0.5, 0.6) is 0 Å². The fraction of sp³-hybridized carbons (Fsp3) is 0.389. The van der Waals surface area contributed by atoms with E-state index in [9.17, 15) is 9.59 Å². The predicted molar refractivity (Wildman–Crippen MR) is 106 cm³/mol. The van der Waals surface area contributed by atoms with Gasteiger partial charge in [0.1, 0.15) is 6.54 Å². The molecular weight excluding hydrogens is 372 g/mol.